The van der Waals surface area contributed by atoms with Crippen molar-refractivity contribution in [1.29, 1.82) is 0 Å². The summed E-state index contributed by atoms with van der Waals surface area (Å²) in [7, 11) is 0. The highest BCUT2D eigenvalue weighted by Gasteiger charge is 2.26. The molecule has 4 nitrogen and oxygen atoms in total. The molecule has 29 heavy (non-hydrogen) atoms. The molecule has 0 spiro atoms. The van der Waals surface area contributed by atoms with E-state index in [4.69, 9.17) is 0 Å². The van der Waals surface area contributed by atoms with Gasteiger partial charge in [0.1, 0.15) is 6.04 Å². The molecule has 2 unspecified atom stereocenters. The number of nitrogens with zero attached hydrogens (tertiary/aromatic N) is 1. The number of hydrogen-bond donors (Lipinski definition) is 1. The van der Waals surface area contributed by atoms with Crippen molar-refractivity contribution in [3.05, 3.63) is 70.8 Å². The van der Waals surface area contributed by atoms with E-state index in [0.29, 0.717) is 13.0 Å². The summed E-state index contributed by atoms with van der Waals surface area (Å²) in [6.45, 7) is 10.5. The second-order valence-electron chi connectivity index (χ2n) is 7.91. The highest BCUT2D eigenvalue weighted by Crippen LogP contribution is 2.13. The minimum atomic E-state index is -0.508. The van der Waals surface area contributed by atoms with Crippen LogP contribution in [0.4, 0.5) is 0 Å². The van der Waals surface area contributed by atoms with E-state index in [0.717, 1.165) is 24.0 Å². The third-order valence-electron chi connectivity index (χ3n) is 5.58. The predicted octanol–water partition coefficient (Wildman–Crippen LogP) is 4.22. The Bertz CT molecular complexity index is 817. The lowest BCUT2D eigenvalue weighted by molar-refractivity contribution is -0.139. The molecule has 2 amide bonds. The molecule has 0 aliphatic carbocycles. The van der Waals surface area contributed by atoms with E-state index in [2.05, 4.69) is 37.4 Å². The van der Waals surface area contributed by atoms with Gasteiger partial charge in [0.2, 0.25) is 11.8 Å². The number of aryl methyl sites for hydroxylation is 2. The first-order valence-electron chi connectivity index (χ1n) is 10.5. The van der Waals surface area contributed by atoms with Gasteiger partial charge in [-0.25, -0.2) is 0 Å². The fraction of sp³-hybridized carbons (Fsp3) is 0.440. The third kappa shape index (κ3) is 6.74. The van der Waals surface area contributed by atoms with Crippen LogP contribution in [0.1, 0.15) is 49.4 Å². The highest BCUT2D eigenvalue weighted by atomic mass is 16.2. The standard InChI is InChI=1S/C25H34N2O2/c1-6-20(4)26-25(29)21(5)27(15-14-22-10-8-7-9-11-22)24(28)17-23-13-12-18(2)19(3)16-23/h7-13,16,20-21H,6,14-15,17H2,1-5H3,(H,26,29). The summed E-state index contributed by atoms with van der Waals surface area (Å²) in [5.41, 5.74) is 4.53. The van der Waals surface area contributed by atoms with Gasteiger partial charge in [-0.3, -0.25) is 9.59 Å². The Labute approximate surface area is 175 Å². The molecule has 0 fully saturated rings. The minimum Gasteiger partial charge on any atom is -0.352 e. The second kappa shape index (κ2) is 10.8. The van der Waals surface area contributed by atoms with Gasteiger partial charge in [0.05, 0.1) is 6.42 Å². The van der Waals surface area contributed by atoms with Gasteiger partial charge in [-0.05, 0) is 62.8 Å². The number of carbonyl (C=O) groups excluding carboxylic acids is 2. The normalized spacial score (nSPS) is 12.9. The van der Waals surface area contributed by atoms with Gasteiger partial charge in [-0.2, -0.15) is 0 Å². The highest BCUT2D eigenvalue weighted by molar-refractivity contribution is 5.88. The predicted molar refractivity (Wildman–Crippen MR) is 119 cm³/mol. The van der Waals surface area contributed by atoms with Gasteiger partial charge in [0.15, 0.2) is 0 Å². The maximum atomic E-state index is 13.2. The third-order valence-corrected chi connectivity index (χ3v) is 5.58. The van der Waals surface area contributed by atoms with Crippen molar-refractivity contribution in [3.8, 4) is 0 Å². The Balaban J connectivity index is 2.16. The zero-order valence-electron chi connectivity index (χ0n) is 18.4. The van der Waals surface area contributed by atoms with Crippen LogP contribution in [0.2, 0.25) is 0 Å². The van der Waals surface area contributed by atoms with Crippen LogP contribution in [0.3, 0.4) is 0 Å². The molecule has 0 bridgehead atoms. The lowest BCUT2D eigenvalue weighted by Gasteiger charge is -2.30. The molecule has 0 aliphatic rings. The van der Waals surface area contributed by atoms with E-state index in [1.165, 1.54) is 11.1 Å². The Morgan fingerprint density at radius 2 is 1.66 bits per heavy atom. The summed E-state index contributed by atoms with van der Waals surface area (Å²) in [5.74, 6) is -0.114. The van der Waals surface area contributed by atoms with Gasteiger partial charge in [-0.1, -0.05) is 55.5 Å². The number of carbonyl (C=O) groups is 2. The molecule has 4 heteroatoms. The molecule has 156 valence electrons. The van der Waals surface area contributed by atoms with Crippen molar-refractivity contribution in [3.63, 3.8) is 0 Å². The Morgan fingerprint density at radius 1 is 0.966 bits per heavy atom. The summed E-state index contributed by atoms with van der Waals surface area (Å²) in [4.78, 5) is 27.6. The first-order valence-corrected chi connectivity index (χ1v) is 10.5. The van der Waals surface area contributed by atoms with Crippen molar-refractivity contribution in [2.45, 2.75) is 66.0 Å². The quantitative estimate of drug-likeness (QED) is 0.692. The topological polar surface area (TPSA) is 49.4 Å². The van der Waals surface area contributed by atoms with Crippen molar-refractivity contribution >= 4 is 11.8 Å². The van der Waals surface area contributed by atoms with Gasteiger partial charge < -0.3 is 10.2 Å². The SMILES string of the molecule is CCC(C)NC(=O)C(C)N(CCc1ccccc1)C(=O)Cc1ccc(C)c(C)c1. The Kier molecular flexibility index (Phi) is 8.44. The zero-order chi connectivity index (χ0) is 21.4. The molecule has 2 aromatic carbocycles. The van der Waals surface area contributed by atoms with E-state index < -0.39 is 6.04 Å². The van der Waals surface area contributed by atoms with E-state index in [1.807, 2.05) is 51.1 Å². The summed E-state index contributed by atoms with van der Waals surface area (Å²) in [6, 6.07) is 15.8. The number of rotatable bonds is 9. The van der Waals surface area contributed by atoms with E-state index >= 15 is 0 Å². The number of amides is 2. The van der Waals surface area contributed by atoms with Crippen LogP contribution in [0, 0.1) is 13.8 Å². The van der Waals surface area contributed by atoms with Crippen LogP contribution in [0.15, 0.2) is 48.5 Å². The molecular formula is C25H34N2O2. The van der Waals surface area contributed by atoms with E-state index in [-0.39, 0.29) is 17.9 Å². The minimum absolute atomic E-state index is 0.0176. The van der Waals surface area contributed by atoms with Crippen molar-refractivity contribution in [2.75, 3.05) is 6.54 Å². The summed E-state index contributed by atoms with van der Waals surface area (Å²) < 4.78 is 0. The van der Waals surface area contributed by atoms with Gasteiger partial charge in [0, 0.05) is 12.6 Å². The fourth-order valence-corrected chi connectivity index (χ4v) is 3.23. The second-order valence-corrected chi connectivity index (χ2v) is 7.91. The molecule has 2 aromatic rings. The molecule has 2 atom stereocenters. The van der Waals surface area contributed by atoms with Crippen molar-refractivity contribution in [1.82, 2.24) is 10.2 Å². The molecule has 2 rings (SSSR count). The van der Waals surface area contributed by atoms with Gasteiger partial charge in [0.25, 0.3) is 0 Å². The molecule has 0 saturated carbocycles. The molecule has 0 saturated heterocycles. The first-order chi connectivity index (χ1) is 13.8. The summed E-state index contributed by atoms with van der Waals surface area (Å²) in [5, 5.41) is 3.01. The van der Waals surface area contributed by atoms with Crippen LogP contribution >= 0.6 is 0 Å². The van der Waals surface area contributed by atoms with Crippen LogP contribution in [0.5, 0.6) is 0 Å². The van der Waals surface area contributed by atoms with Crippen LogP contribution in [-0.2, 0) is 22.4 Å². The lowest BCUT2D eigenvalue weighted by atomic mass is 10.0. The van der Waals surface area contributed by atoms with Gasteiger partial charge in [-0.15, -0.1) is 0 Å². The molecular weight excluding hydrogens is 360 g/mol. The maximum absolute atomic E-state index is 13.2. The molecule has 1 N–H and O–H groups in total. The van der Waals surface area contributed by atoms with Crippen molar-refractivity contribution < 1.29 is 9.59 Å². The van der Waals surface area contributed by atoms with E-state index in [1.54, 1.807) is 4.90 Å². The molecule has 0 aliphatic heterocycles. The fourth-order valence-electron chi connectivity index (χ4n) is 3.23. The Morgan fingerprint density at radius 3 is 2.28 bits per heavy atom. The smallest absolute Gasteiger partial charge is 0.242 e. The van der Waals surface area contributed by atoms with E-state index in [9.17, 15) is 9.59 Å². The summed E-state index contributed by atoms with van der Waals surface area (Å²) in [6.07, 6.45) is 1.89. The number of benzene rings is 2. The van der Waals surface area contributed by atoms with Gasteiger partial charge >= 0.3 is 0 Å². The lowest BCUT2D eigenvalue weighted by Crippen LogP contribution is -2.50. The maximum Gasteiger partial charge on any atom is 0.242 e. The van der Waals surface area contributed by atoms with Crippen molar-refractivity contribution in [2.24, 2.45) is 0 Å². The van der Waals surface area contributed by atoms with Crippen LogP contribution in [-0.4, -0.2) is 35.3 Å². The van der Waals surface area contributed by atoms with Crippen LogP contribution in [0.25, 0.3) is 0 Å². The average Bonchev–Trinajstić information content (AvgIpc) is 2.71. The largest absolute Gasteiger partial charge is 0.352 e. The first kappa shape index (κ1) is 22.7. The average molecular weight is 395 g/mol. The number of hydrogen-bond acceptors (Lipinski definition) is 2. The molecule has 0 radical (unpaired) electrons. The molecule has 0 heterocycles. The zero-order valence-corrected chi connectivity index (χ0v) is 18.4. The number of nitrogens with one attached hydrogen (secondary N) is 1. The summed E-state index contributed by atoms with van der Waals surface area (Å²) >= 11 is 0. The van der Waals surface area contributed by atoms with Crippen LogP contribution < -0.4 is 5.32 Å². The molecule has 0 aromatic heterocycles. The monoisotopic (exact) mass is 394 g/mol. The Hall–Kier alpha value is -2.62.